The van der Waals surface area contributed by atoms with Crippen molar-refractivity contribution in [3.8, 4) is 11.4 Å². The Hall–Kier alpha value is -3.10. The Morgan fingerprint density at radius 2 is 1.73 bits per heavy atom. The summed E-state index contributed by atoms with van der Waals surface area (Å²) < 4.78 is 21.2. The van der Waals surface area contributed by atoms with E-state index in [0.29, 0.717) is 11.6 Å². The maximum absolute atomic E-state index is 13.2. The molecule has 1 aromatic heterocycles. The average Bonchev–Trinajstić information content (AvgIpc) is 3.04. The normalized spacial score (nSPS) is 11.7. The second-order valence-electron chi connectivity index (χ2n) is 6.74. The van der Waals surface area contributed by atoms with E-state index in [4.69, 9.17) is 36.1 Å². The van der Waals surface area contributed by atoms with Crippen LogP contribution in [0.4, 0.5) is 4.39 Å². The fourth-order valence-corrected chi connectivity index (χ4v) is 2.63. The molecule has 0 amide bonds. The predicted octanol–water partition coefficient (Wildman–Crippen LogP) is 3.91. The van der Waals surface area contributed by atoms with Crippen molar-refractivity contribution in [3.05, 3.63) is 59.5 Å². The minimum atomic E-state index is -1.82. The summed E-state index contributed by atoms with van der Waals surface area (Å²) in [7, 11) is 4.04. The van der Waals surface area contributed by atoms with Gasteiger partial charge in [-0.1, -0.05) is 11.6 Å². The Kier molecular flexibility index (Phi) is 7.79. The van der Waals surface area contributed by atoms with Crippen molar-refractivity contribution in [1.29, 1.82) is 0 Å². The molecule has 0 bridgehead atoms. The Morgan fingerprint density at radius 1 is 1.13 bits per heavy atom. The quantitative estimate of drug-likeness (QED) is 0.589. The zero-order valence-corrected chi connectivity index (χ0v) is 17.4. The highest BCUT2D eigenvalue weighted by Gasteiger charge is 2.14. The molecule has 2 aromatic carbocycles. The summed E-state index contributed by atoms with van der Waals surface area (Å²) in [5.74, 6) is -3.13. The molecule has 0 fully saturated rings. The highest BCUT2D eigenvalue weighted by atomic mass is 35.5. The number of carbonyl (C=O) groups is 2. The Balaban J connectivity index is 0.000000469. The summed E-state index contributed by atoms with van der Waals surface area (Å²) >= 11 is 6.16. The number of aliphatic carboxylic acids is 2. The highest BCUT2D eigenvalue weighted by molar-refractivity contribution is 6.31. The second-order valence-corrected chi connectivity index (χ2v) is 7.17. The van der Waals surface area contributed by atoms with Crippen molar-refractivity contribution in [2.45, 2.75) is 13.0 Å². The van der Waals surface area contributed by atoms with E-state index in [1.54, 1.807) is 12.1 Å². The molecule has 0 aliphatic heterocycles. The molecule has 0 radical (unpaired) electrons. The number of ether oxygens (including phenoxy) is 1. The molecular formula is C21H22ClFN2O5. The molecule has 30 heavy (non-hydrogen) atoms. The molecule has 9 heteroatoms. The summed E-state index contributed by atoms with van der Waals surface area (Å²) in [6, 6.07) is 12.4. The lowest BCUT2D eigenvalue weighted by Crippen LogP contribution is -2.30. The molecule has 0 saturated heterocycles. The maximum Gasteiger partial charge on any atom is 0.414 e. The fourth-order valence-electron chi connectivity index (χ4n) is 2.46. The van der Waals surface area contributed by atoms with Gasteiger partial charge in [0.25, 0.3) is 0 Å². The summed E-state index contributed by atoms with van der Waals surface area (Å²) in [4.78, 5) is 20.3. The molecule has 0 aliphatic rings. The van der Waals surface area contributed by atoms with Gasteiger partial charge >= 0.3 is 11.9 Å². The molecule has 0 spiro atoms. The molecule has 3 aromatic rings. The Labute approximate surface area is 177 Å². The van der Waals surface area contributed by atoms with Gasteiger partial charge < -0.3 is 24.4 Å². The lowest BCUT2D eigenvalue weighted by Gasteiger charge is -2.19. The fraction of sp³-hybridized carbons (Fsp3) is 0.238. The molecule has 0 unspecified atom stereocenters. The van der Waals surface area contributed by atoms with E-state index in [-0.39, 0.29) is 11.9 Å². The number of likely N-dealkylation sites (N-methyl/N-ethyl adjacent to an activating group) is 1. The van der Waals surface area contributed by atoms with Crippen molar-refractivity contribution >= 4 is 34.4 Å². The lowest BCUT2D eigenvalue weighted by atomic mass is 10.2. The lowest BCUT2D eigenvalue weighted by molar-refractivity contribution is -0.159. The molecule has 0 aliphatic carbocycles. The number of rotatable bonds is 5. The number of nitrogens with zero attached hydrogens (tertiary/aromatic N) is 2. The topological polar surface area (TPSA) is 92.0 Å². The van der Waals surface area contributed by atoms with Gasteiger partial charge in [0.2, 0.25) is 0 Å². The standard InChI is InChI=1S/C19H20ClFN2O.C2H2O4/c1-13(22(2)3)12-24-19-11-23(16-7-5-15(21)6-8-16)18-9-4-14(20)10-17(18)19;3-1(4)2(5)6/h4-11,13H,12H2,1-3H3;(H,3,4)(H,5,6)/t13-;/m0./s1. The van der Waals surface area contributed by atoms with Gasteiger partial charge in [0.05, 0.1) is 11.7 Å². The summed E-state index contributed by atoms with van der Waals surface area (Å²) in [5.41, 5.74) is 1.85. The summed E-state index contributed by atoms with van der Waals surface area (Å²) in [6.45, 7) is 2.67. The van der Waals surface area contributed by atoms with Crippen molar-refractivity contribution in [2.75, 3.05) is 20.7 Å². The van der Waals surface area contributed by atoms with Crippen molar-refractivity contribution in [2.24, 2.45) is 0 Å². The van der Waals surface area contributed by atoms with Crippen molar-refractivity contribution < 1.29 is 28.9 Å². The number of fused-ring (bicyclic) bond motifs is 1. The molecule has 160 valence electrons. The van der Waals surface area contributed by atoms with Crippen LogP contribution in [0.3, 0.4) is 0 Å². The largest absolute Gasteiger partial charge is 0.490 e. The van der Waals surface area contributed by atoms with Gasteiger partial charge in [0, 0.05) is 22.1 Å². The van der Waals surface area contributed by atoms with Crippen LogP contribution in [0.15, 0.2) is 48.7 Å². The number of hydrogen-bond donors (Lipinski definition) is 2. The molecular weight excluding hydrogens is 415 g/mol. The first kappa shape index (κ1) is 23.2. The molecule has 1 heterocycles. The SMILES string of the molecule is C[C@@H](COc1cn(-c2ccc(F)cc2)c2ccc(Cl)cc12)N(C)C.O=C(O)C(=O)O. The van der Waals surface area contributed by atoms with Crippen molar-refractivity contribution in [1.82, 2.24) is 9.47 Å². The van der Waals surface area contributed by atoms with Gasteiger partial charge in [-0.15, -0.1) is 0 Å². The number of carboxylic acids is 2. The first-order chi connectivity index (χ1) is 14.1. The summed E-state index contributed by atoms with van der Waals surface area (Å²) in [6.07, 6.45) is 1.93. The Morgan fingerprint density at radius 3 is 2.27 bits per heavy atom. The van der Waals surface area contributed by atoms with Crippen LogP contribution in [0, 0.1) is 5.82 Å². The van der Waals surface area contributed by atoms with Crippen molar-refractivity contribution in [3.63, 3.8) is 0 Å². The van der Waals surface area contributed by atoms with Crippen LogP contribution in [0.5, 0.6) is 5.75 Å². The van der Waals surface area contributed by atoms with E-state index in [1.165, 1.54) is 12.1 Å². The highest BCUT2D eigenvalue weighted by Crippen LogP contribution is 2.33. The number of carboxylic acid groups (broad SMARTS) is 2. The van der Waals surface area contributed by atoms with Gasteiger partial charge in [-0.05, 0) is 63.5 Å². The van der Waals surface area contributed by atoms with Crippen LogP contribution in [-0.4, -0.2) is 58.4 Å². The van der Waals surface area contributed by atoms with E-state index in [0.717, 1.165) is 22.3 Å². The Bertz CT molecular complexity index is 1020. The minimum absolute atomic E-state index is 0.255. The van der Waals surface area contributed by atoms with Gasteiger partial charge in [0.15, 0.2) is 0 Å². The predicted molar refractivity (Wildman–Crippen MR) is 112 cm³/mol. The van der Waals surface area contributed by atoms with Crippen LogP contribution in [-0.2, 0) is 9.59 Å². The van der Waals surface area contributed by atoms with Gasteiger partial charge in [-0.25, -0.2) is 14.0 Å². The molecule has 0 saturated carbocycles. The van der Waals surface area contributed by atoms with E-state index in [1.807, 2.05) is 43.1 Å². The number of hydrogen-bond acceptors (Lipinski definition) is 4. The zero-order valence-electron chi connectivity index (χ0n) is 16.7. The van der Waals surface area contributed by atoms with E-state index < -0.39 is 11.9 Å². The maximum atomic E-state index is 13.2. The molecule has 1 atom stereocenters. The number of aromatic nitrogens is 1. The first-order valence-corrected chi connectivity index (χ1v) is 9.30. The summed E-state index contributed by atoms with van der Waals surface area (Å²) in [5, 5.41) is 16.4. The molecule has 3 rings (SSSR count). The van der Waals surface area contributed by atoms with Crippen LogP contribution in [0.2, 0.25) is 5.02 Å². The monoisotopic (exact) mass is 436 g/mol. The third-order valence-electron chi connectivity index (χ3n) is 4.38. The van der Waals surface area contributed by atoms with Crippen LogP contribution in [0.1, 0.15) is 6.92 Å². The first-order valence-electron chi connectivity index (χ1n) is 8.92. The average molecular weight is 437 g/mol. The van der Waals surface area contributed by atoms with Crippen LogP contribution in [0.25, 0.3) is 16.6 Å². The minimum Gasteiger partial charge on any atom is -0.490 e. The van der Waals surface area contributed by atoms with E-state index >= 15 is 0 Å². The smallest absolute Gasteiger partial charge is 0.414 e. The van der Waals surface area contributed by atoms with Crippen LogP contribution < -0.4 is 4.74 Å². The second kappa shape index (κ2) is 10.1. The number of halogens is 2. The third-order valence-corrected chi connectivity index (χ3v) is 4.61. The zero-order chi connectivity index (χ0) is 22.4. The number of benzene rings is 2. The molecule has 7 nitrogen and oxygen atoms in total. The van der Waals surface area contributed by atoms with Gasteiger partial charge in [0.1, 0.15) is 18.2 Å². The van der Waals surface area contributed by atoms with Gasteiger partial charge in [-0.3, -0.25) is 0 Å². The van der Waals surface area contributed by atoms with Crippen LogP contribution >= 0.6 is 11.6 Å². The van der Waals surface area contributed by atoms with Gasteiger partial charge in [-0.2, -0.15) is 0 Å². The van der Waals surface area contributed by atoms with E-state index in [2.05, 4.69) is 11.8 Å². The van der Waals surface area contributed by atoms with E-state index in [9.17, 15) is 4.39 Å². The molecule has 2 N–H and O–H groups in total. The third kappa shape index (κ3) is 5.95.